The summed E-state index contributed by atoms with van der Waals surface area (Å²) in [7, 11) is 0. The van der Waals surface area contributed by atoms with Crippen molar-refractivity contribution in [2.75, 3.05) is 6.61 Å². The normalized spacial score (nSPS) is 12.0. The first kappa shape index (κ1) is 13.3. The van der Waals surface area contributed by atoms with Crippen molar-refractivity contribution in [3.8, 4) is 5.75 Å². The van der Waals surface area contributed by atoms with Crippen LogP contribution >= 0.6 is 0 Å². The SMILES string of the molecule is CCCCO.O=CN1C=Cc2ccccc2O1. The van der Waals surface area contributed by atoms with Crippen LogP contribution in [0.2, 0.25) is 0 Å². The van der Waals surface area contributed by atoms with Gasteiger partial charge in [0.05, 0.1) is 0 Å². The topological polar surface area (TPSA) is 49.8 Å². The fourth-order valence-electron chi connectivity index (χ4n) is 1.21. The summed E-state index contributed by atoms with van der Waals surface area (Å²) in [5, 5.41) is 9.19. The first-order valence-electron chi connectivity index (χ1n) is 5.61. The minimum absolute atomic E-state index is 0.344. The van der Waals surface area contributed by atoms with Gasteiger partial charge in [0, 0.05) is 18.4 Å². The Bertz CT molecular complexity index is 375. The Morgan fingerprint density at radius 2 is 2.18 bits per heavy atom. The Hall–Kier alpha value is -1.81. The second kappa shape index (κ2) is 7.46. The van der Waals surface area contributed by atoms with Crippen LogP contribution in [-0.4, -0.2) is 23.2 Å². The van der Waals surface area contributed by atoms with Crippen molar-refractivity contribution in [2.45, 2.75) is 19.8 Å². The van der Waals surface area contributed by atoms with Crippen molar-refractivity contribution in [3.05, 3.63) is 36.0 Å². The molecule has 0 bridgehead atoms. The van der Waals surface area contributed by atoms with Crippen molar-refractivity contribution >= 4 is 12.5 Å². The molecular weight excluding hydrogens is 218 g/mol. The number of para-hydroxylation sites is 1. The third kappa shape index (κ3) is 4.28. The van der Waals surface area contributed by atoms with Crippen LogP contribution in [0.3, 0.4) is 0 Å². The second-order valence-corrected chi connectivity index (χ2v) is 3.49. The quantitative estimate of drug-likeness (QED) is 0.817. The molecule has 0 spiro atoms. The van der Waals surface area contributed by atoms with Gasteiger partial charge in [-0.2, -0.15) is 5.06 Å². The molecule has 92 valence electrons. The van der Waals surface area contributed by atoms with Crippen molar-refractivity contribution in [1.82, 2.24) is 5.06 Å². The molecule has 0 saturated carbocycles. The van der Waals surface area contributed by atoms with Gasteiger partial charge in [0.15, 0.2) is 5.75 Å². The zero-order chi connectivity index (χ0) is 12.5. The van der Waals surface area contributed by atoms with Gasteiger partial charge in [-0.25, -0.2) is 0 Å². The van der Waals surface area contributed by atoms with Crippen LogP contribution in [0.4, 0.5) is 0 Å². The molecule has 0 atom stereocenters. The van der Waals surface area contributed by atoms with E-state index in [9.17, 15) is 4.79 Å². The summed E-state index contributed by atoms with van der Waals surface area (Å²) in [6.07, 6.45) is 6.06. The minimum Gasteiger partial charge on any atom is -0.396 e. The molecule has 1 heterocycles. The van der Waals surface area contributed by atoms with E-state index in [1.54, 1.807) is 6.20 Å². The van der Waals surface area contributed by atoms with E-state index in [-0.39, 0.29) is 0 Å². The number of hydrogen-bond acceptors (Lipinski definition) is 3. The van der Waals surface area contributed by atoms with Crippen molar-refractivity contribution < 1.29 is 14.7 Å². The van der Waals surface area contributed by atoms with Crippen molar-refractivity contribution in [3.63, 3.8) is 0 Å². The van der Waals surface area contributed by atoms with E-state index in [0.717, 1.165) is 23.5 Å². The minimum atomic E-state index is 0.344. The first-order valence-corrected chi connectivity index (χ1v) is 5.61. The molecule has 0 unspecified atom stereocenters. The van der Waals surface area contributed by atoms with Gasteiger partial charge in [0.2, 0.25) is 6.41 Å². The molecule has 0 fully saturated rings. The van der Waals surface area contributed by atoms with E-state index in [0.29, 0.717) is 18.8 Å². The molecule has 2 rings (SSSR count). The smallest absolute Gasteiger partial charge is 0.246 e. The van der Waals surface area contributed by atoms with Crippen LogP contribution in [0.1, 0.15) is 25.3 Å². The largest absolute Gasteiger partial charge is 0.396 e. The molecule has 0 radical (unpaired) electrons. The number of rotatable bonds is 3. The monoisotopic (exact) mass is 235 g/mol. The van der Waals surface area contributed by atoms with Crippen LogP contribution in [-0.2, 0) is 4.79 Å². The molecule has 1 aromatic rings. The maximum atomic E-state index is 10.3. The molecule has 0 saturated heterocycles. The number of benzene rings is 1. The molecule has 4 heteroatoms. The number of hydrogen-bond donors (Lipinski definition) is 1. The van der Waals surface area contributed by atoms with Gasteiger partial charge in [-0.15, -0.1) is 0 Å². The average molecular weight is 235 g/mol. The Morgan fingerprint density at radius 3 is 2.76 bits per heavy atom. The van der Waals surface area contributed by atoms with E-state index < -0.39 is 0 Å². The molecule has 1 amide bonds. The summed E-state index contributed by atoms with van der Waals surface area (Å²) >= 11 is 0. The van der Waals surface area contributed by atoms with Gasteiger partial charge in [-0.3, -0.25) is 4.79 Å². The molecular formula is C13H17NO3. The lowest BCUT2D eigenvalue weighted by molar-refractivity contribution is -0.133. The standard InChI is InChI=1S/C9H7NO2.C4H10O/c11-7-10-6-5-8-3-1-2-4-9(8)12-10;1-2-3-4-5/h1-7H;5H,2-4H2,1H3. The number of unbranched alkanes of at least 4 members (excludes halogenated alkanes) is 1. The fraction of sp³-hybridized carbons (Fsp3) is 0.308. The lowest BCUT2D eigenvalue weighted by atomic mass is 10.2. The van der Waals surface area contributed by atoms with Crippen LogP contribution in [0.25, 0.3) is 6.08 Å². The van der Waals surface area contributed by atoms with Crippen molar-refractivity contribution in [2.24, 2.45) is 0 Å². The van der Waals surface area contributed by atoms with Gasteiger partial charge in [-0.1, -0.05) is 31.5 Å². The Kier molecular flexibility index (Phi) is 5.82. The maximum Gasteiger partial charge on any atom is 0.246 e. The van der Waals surface area contributed by atoms with Gasteiger partial charge in [0.25, 0.3) is 0 Å². The molecule has 4 nitrogen and oxygen atoms in total. The number of amides is 1. The summed E-state index contributed by atoms with van der Waals surface area (Å²) in [6, 6.07) is 7.52. The summed E-state index contributed by atoms with van der Waals surface area (Å²) in [5.74, 6) is 0.701. The van der Waals surface area contributed by atoms with E-state index in [2.05, 4.69) is 6.92 Å². The molecule has 1 aromatic carbocycles. The highest BCUT2D eigenvalue weighted by atomic mass is 16.7. The van der Waals surface area contributed by atoms with Crippen LogP contribution < -0.4 is 4.84 Å². The van der Waals surface area contributed by atoms with Crippen LogP contribution in [0.15, 0.2) is 30.5 Å². The zero-order valence-electron chi connectivity index (χ0n) is 9.87. The highest BCUT2D eigenvalue weighted by molar-refractivity contribution is 5.62. The number of aliphatic hydroxyl groups excluding tert-OH is 1. The lowest BCUT2D eigenvalue weighted by Gasteiger charge is -2.18. The number of carbonyl (C=O) groups excluding carboxylic acids is 1. The highest BCUT2D eigenvalue weighted by Crippen LogP contribution is 2.23. The predicted octanol–water partition coefficient (Wildman–Crippen LogP) is 2.20. The summed E-state index contributed by atoms with van der Waals surface area (Å²) in [5.41, 5.74) is 0.982. The zero-order valence-corrected chi connectivity index (χ0v) is 9.87. The molecule has 1 aliphatic heterocycles. The number of fused-ring (bicyclic) bond motifs is 1. The van der Waals surface area contributed by atoms with Gasteiger partial charge in [0.1, 0.15) is 0 Å². The highest BCUT2D eigenvalue weighted by Gasteiger charge is 2.08. The fourth-order valence-corrected chi connectivity index (χ4v) is 1.21. The van der Waals surface area contributed by atoms with Crippen LogP contribution in [0.5, 0.6) is 5.75 Å². The summed E-state index contributed by atoms with van der Waals surface area (Å²) < 4.78 is 0. The first-order chi connectivity index (χ1) is 8.31. The lowest BCUT2D eigenvalue weighted by Crippen LogP contribution is -2.21. The number of hydroxylamine groups is 2. The second-order valence-electron chi connectivity index (χ2n) is 3.49. The third-order valence-electron chi connectivity index (χ3n) is 2.14. The number of aliphatic hydroxyl groups is 1. The van der Waals surface area contributed by atoms with Gasteiger partial charge < -0.3 is 9.94 Å². The van der Waals surface area contributed by atoms with E-state index in [4.69, 9.17) is 9.94 Å². The average Bonchev–Trinajstić information content (AvgIpc) is 2.40. The summed E-state index contributed by atoms with van der Waals surface area (Å²) in [4.78, 5) is 15.5. The molecule has 0 aromatic heterocycles. The molecule has 0 aliphatic carbocycles. The Labute approximate surface area is 101 Å². The third-order valence-corrected chi connectivity index (χ3v) is 2.14. The van der Waals surface area contributed by atoms with Gasteiger partial charge >= 0.3 is 0 Å². The van der Waals surface area contributed by atoms with E-state index >= 15 is 0 Å². The van der Waals surface area contributed by atoms with Crippen molar-refractivity contribution in [1.29, 1.82) is 0 Å². The van der Waals surface area contributed by atoms with E-state index in [1.807, 2.05) is 30.3 Å². The number of carbonyl (C=O) groups is 1. The Morgan fingerprint density at radius 1 is 1.41 bits per heavy atom. The molecule has 1 N–H and O–H groups in total. The predicted molar refractivity (Wildman–Crippen MR) is 66.0 cm³/mol. The Balaban J connectivity index is 0.000000249. The van der Waals surface area contributed by atoms with Crippen LogP contribution in [0, 0.1) is 0 Å². The van der Waals surface area contributed by atoms with E-state index in [1.165, 1.54) is 0 Å². The molecule has 1 aliphatic rings. The number of nitrogens with zero attached hydrogens (tertiary/aromatic N) is 1. The molecule has 17 heavy (non-hydrogen) atoms. The van der Waals surface area contributed by atoms with Gasteiger partial charge in [-0.05, 0) is 18.6 Å². The summed E-state index contributed by atoms with van der Waals surface area (Å²) in [6.45, 7) is 2.40. The maximum absolute atomic E-state index is 10.3.